The van der Waals surface area contributed by atoms with Crippen LogP contribution in [0.3, 0.4) is 0 Å². The molecule has 0 aliphatic carbocycles. The third-order valence-corrected chi connectivity index (χ3v) is 5.30. The molecule has 0 aromatic heterocycles. The Morgan fingerprint density at radius 3 is 2.67 bits per heavy atom. The molecule has 112 valence electrons. The molecule has 0 saturated carbocycles. The minimum atomic E-state index is 0.312. The topological polar surface area (TPSA) is 12.0 Å². The van der Waals surface area contributed by atoms with E-state index in [0.29, 0.717) is 6.04 Å². The van der Waals surface area contributed by atoms with Crippen molar-refractivity contribution in [3.63, 3.8) is 0 Å². The lowest BCUT2D eigenvalue weighted by Crippen LogP contribution is -2.19. The molecule has 2 aromatic carbocycles. The Hall–Kier alpha value is -0.480. The monoisotopic (exact) mass is 383 g/mol. The van der Waals surface area contributed by atoms with E-state index in [1.165, 1.54) is 10.5 Å². The molecule has 1 N–H and O–H groups in total. The van der Waals surface area contributed by atoms with Crippen LogP contribution in [0.1, 0.15) is 31.9 Å². The summed E-state index contributed by atoms with van der Waals surface area (Å²) in [5.74, 6) is 0. The molecular weight excluding hydrogens is 366 g/mol. The van der Waals surface area contributed by atoms with E-state index in [1.807, 2.05) is 18.2 Å². The lowest BCUT2D eigenvalue weighted by Gasteiger charge is -2.18. The van der Waals surface area contributed by atoms with Gasteiger partial charge in [-0.15, -0.1) is 0 Å². The lowest BCUT2D eigenvalue weighted by atomic mass is 10.1. The van der Waals surface area contributed by atoms with Crippen LogP contribution in [0, 0.1) is 0 Å². The SMILES string of the molecule is CCCNC(C)c1cc(Br)ccc1Sc1ccccc1Cl. The zero-order chi connectivity index (χ0) is 15.2. The maximum Gasteiger partial charge on any atom is 0.0545 e. The fourth-order valence-corrected chi connectivity index (χ4v) is 3.74. The van der Waals surface area contributed by atoms with Crippen molar-refractivity contribution in [2.45, 2.75) is 36.1 Å². The molecule has 21 heavy (non-hydrogen) atoms. The van der Waals surface area contributed by atoms with Crippen LogP contribution < -0.4 is 5.32 Å². The van der Waals surface area contributed by atoms with Crippen molar-refractivity contribution < 1.29 is 0 Å². The highest BCUT2D eigenvalue weighted by Crippen LogP contribution is 2.37. The summed E-state index contributed by atoms with van der Waals surface area (Å²) < 4.78 is 1.10. The van der Waals surface area contributed by atoms with Gasteiger partial charge in [-0.05, 0) is 55.8 Å². The second-order valence-corrected chi connectivity index (χ2v) is 7.30. The average Bonchev–Trinajstić information content (AvgIpc) is 2.48. The van der Waals surface area contributed by atoms with Crippen molar-refractivity contribution >= 4 is 39.3 Å². The highest BCUT2D eigenvalue weighted by Gasteiger charge is 2.13. The second-order valence-electron chi connectivity index (χ2n) is 4.89. The van der Waals surface area contributed by atoms with E-state index >= 15 is 0 Å². The van der Waals surface area contributed by atoms with Gasteiger partial charge in [0.15, 0.2) is 0 Å². The van der Waals surface area contributed by atoms with Gasteiger partial charge in [-0.25, -0.2) is 0 Å². The number of rotatable bonds is 6. The van der Waals surface area contributed by atoms with Gasteiger partial charge in [-0.2, -0.15) is 0 Å². The van der Waals surface area contributed by atoms with E-state index in [2.05, 4.69) is 59.4 Å². The van der Waals surface area contributed by atoms with Crippen molar-refractivity contribution in [3.05, 3.63) is 57.5 Å². The highest BCUT2D eigenvalue weighted by atomic mass is 79.9. The van der Waals surface area contributed by atoms with Crippen molar-refractivity contribution in [2.75, 3.05) is 6.54 Å². The predicted octanol–water partition coefficient (Wildman–Crippen LogP) is 6.31. The van der Waals surface area contributed by atoms with Crippen LogP contribution in [0.15, 0.2) is 56.7 Å². The normalized spacial score (nSPS) is 12.4. The molecule has 0 fully saturated rings. The summed E-state index contributed by atoms with van der Waals surface area (Å²) in [6.07, 6.45) is 1.13. The molecule has 1 atom stereocenters. The number of hydrogen-bond acceptors (Lipinski definition) is 2. The minimum Gasteiger partial charge on any atom is -0.310 e. The number of hydrogen-bond donors (Lipinski definition) is 1. The largest absolute Gasteiger partial charge is 0.310 e. The Kier molecular flexibility index (Phi) is 6.62. The molecule has 0 spiro atoms. The number of halogens is 2. The van der Waals surface area contributed by atoms with Gasteiger partial charge < -0.3 is 5.32 Å². The van der Waals surface area contributed by atoms with Crippen LogP contribution in [0.2, 0.25) is 5.02 Å². The Bertz CT molecular complexity index is 603. The summed E-state index contributed by atoms with van der Waals surface area (Å²) in [5, 5.41) is 4.35. The van der Waals surface area contributed by atoms with Crippen LogP contribution in [0.25, 0.3) is 0 Å². The van der Waals surface area contributed by atoms with Crippen molar-refractivity contribution in [1.82, 2.24) is 5.32 Å². The average molecular weight is 385 g/mol. The van der Waals surface area contributed by atoms with Gasteiger partial charge in [-0.1, -0.05) is 58.3 Å². The lowest BCUT2D eigenvalue weighted by molar-refractivity contribution is 0.563. The Morgan fingerprint density at radius 2 is 1.95 bits per heavy atom. The zero-order valence-corrected chi connectivity index (χ0v) is 15.4. The highest BCUT2D eigenvalue weighted by molar-refractivity contribution is 9.10. The summed E-state index contributed by atoms with van der Waals surface area (Å²) in [6.45, 7) is 5.40. The third kappa shape index (κ3) is 4.75. The first kappa shape index (κ1) is 16.9. The molecule has 4 heteroatoms. The van der Waals surface area contributed by atoms with Gasteiger partial charge >= 0.3 is 0 Å². The number of benzene rings is 2. The molecule has 0 aliphatic rings. The predicted molar refractivity (Wildman–Crippen MR) is 96.4 cm³/mol. The molecule has 0 heterocycles. The molecule has 1 unspecified atom stereocenters. The number of nitrogens with one attached hydrogen (secondary N) is 1. The first-order valence-corrected chi connectivity index (χ1v) is 9.05. The molecule has 0 saturated heterocycles. The van der Waals surface area contributed by atoms with Crippen molar-refractivity contribution in [3.8, 4) is 0 Å². The van der Waals surface area contributed by atoms with Gasteiger partial charge in [0.05, 0.1) is 5.02 Å². The Balaban J connectivity index is 2.28. The molecule has 0 amide bonds. The summed E-state index contributed by atoms with van der Waals surface area (Å²) in [5.41, 5.74) is 1.29. The van der Waals surface area contributed by atoms with Crippen LogP contribution in [0.4, 0.5) is 0 Å². The molecule has 2 aromatic rings. The summed E-state index contributed by atoms with van der Waals surface area (Å²) >= 11 is 11.6. The minimum absolute atomic E-state index is 0.312. The second kappa shape index (κ2) is 8.23. The standard InChI is InChI=1S/C17H19BrClNS/c1-3-10-20-12(2)14-11-13(18)8-9-16(14)21-17-7-5-4-6-15(17)19/h4-9,11-12,20H,3,10H2,1-2H3. The van der Waals surface area contributed by atoms with Crippen LogP contribution in [0.5, 0.6) is 0 Å². The maximum atomic E-state index is 6.28. The van der Waals surface area contributed by atoms with Gasteiger partial charge in [0.2, 0.25) is 0 Å². The molecule has 0 aliphatic heterocycles. The zero-order valence-electron chi connectivity index (χ0n) is 12.2. The van der Waals surface area contributed by atoms with Gasteiger partial charge in [0.25, 0.3) is 0 Å². The van der Waals surface area contributed by atoms with E-state index in [9.17, 15) is 0 Å². The van der Waals surface area contributed by atoms with Crippen molar-refractivity contribution in [2.24, 2.45) is 0 Å². The quantitative estimate of drug-likeness (QED) is 0.626. The molecule has 0 bridgehead atoms. The Morgan fingerprint density at radius 1 is 1.19 bits per heavy atom. The molecule has 0 radical (unpaired) electrons. The molecule has 2 rings (SSSR count). The van der Waals surface area contributed by atoms with Gasteiger partial charge in [0.1, 0.15) is 0 Å². The van der Waals surface area contributed by atoms with E-state index in [1.54, 1.807) is 11.8 Å². The summed E-state index contributed by atoms with van der Waals surface area (Å²) in [7, 11) is 0. The smallest absolute Gasteiger partial charge is 0.0545 e. The first-order chi connectivity index (χ1) is 10.1. The van der Waals surface area contributed by atoms with Gasteiger partial charge in [-0.3, -0.25) is 0 Å². The maximum absolute atomic E-state index is 6.28. The fraction of sp³-hybridized carbons (Fsp3) is 0.294. The van der Waals surface area contributed by atoms with E-state index in [0.717, 1.165) is 27.4 Å². The summed E-state index contributed by atoms with van der Waals surface area (Å²) in [6, 6.07) is 14.7. The van der Waals surface area contributed by atoms with Crippen LogP contribution in [-0.2, 0) is 0 Å². The third-order valence-electron chi connectivity index (χ3n) is 3.20. The van der Waals surface area contributed by atoms with Crippen molar-refractivity contribution in [1.29, 1.82) is 0 Å². The molecule has 1 nitrogen and oxygen atoms in total. The fourth-order valence-electron chi connectivity index (χ4n) is 2.07. The van der Waals surface area contributed by atoms with E-state index in [4.69, 9.17) is 11.6 Å². The van der Waals surface area contributed by atoms with Crippen LogP contribution >= 0.6 is 39.3 Å². The van der Waals surface area contributed by atoms with E-state index in [-0.39, 0.29) is 0 Å². The molecular formula is C17H19BrClNS. The first-order valence-electron chi connectivity index (χ1n) is 7.07. The van der Waals surface area contributed by atoms with Crippen LogP contribution in [-0.4, -0.2) is 6.54 Å². The van der Waals surface area contributed by atoms with E-state index < -0.39 is 0 Å². The summed E-state index contributed by atoms with van der Waals surface area (Å²) in [4.78, 5) is 2.33. The van der Waals surface area contributed by atoms with Gasteiger partial charge in [0, 0.05) is 20.3 Å². The Labute approximate surface area is 144 Å².